The van der Waals surface area contributed by atoms with Crippen molar-refractivity contribution in [2.24, 2.45) is 5.92 Å². The summed E-state index contributed by atoms with van der Waals surface area (Å²) >= 11 is 0. The molecular formula is C13H28NO4S+. The van der Waals surface area contributed by atoms with E-state index >= 15 is 0 Å². The summed E-state index contributed by atoms with van der Waals surface area (Å²) in [5.74, 6) is 3.21. The van der Waals surface area contributed by atoms with E-state index in [0.717, 1.165) is 13.0 Å². The first-order valence-electron chi connectivity index (χ1n) is 6.63. The van der Waals surface area contributed by atoms with E-state index in [2.05, 4.69) is 5.87 Å². The van der Waals surface area contributed by atoms with Crippen LogP contribution in [0.3, 0.4) is 0 Å². The average molecular weight is 294 g/mol. The second-order valence-corrected chi connectivity index (χ2v) is 7.64. The predicted octanol–water partition coefficient (Wildman–Crippen LogP) is 1.23. The van der Waals surface area contributed by atoms with Crippen molar-refractivity contribution in [3.8, 4) is 0 Å². The maximum atomic E-state index is 11.5. The van der Waals surface area contributed by atoms with Crippen LogP contribution in [0.25, 0.3) is 0 Å². The van der Waals surface area contributed by atoms with Crippen LogP contribution in [0.2, 0.25) is 0 Å². The van der Waals surface area contributed by atoms with E-state index in [4.69, 9.17) is 9.29 Å². The third-order valence-electron chi connectivity index (χ3n) is 3.18. The molecule has 2 atom stereocenters. The largest absolute Gasteiger partial charge is 0.459 e. The van der Waals surface area contributed by atoms with Crippen LogP contribution in [0.15, 0.2) is 0 Å². The fourth-order valence-corrected chi connectivity index (χ4v) is 2.11. The molecule has 114 valence electrons. The van der Waals surface area contributed by atoms with Gasteiger partial charge >= 0.3 is 5.97 Å². The Morgan fingerprint density at radius 3 is 2.47 bits per heavy atom. The quantitative estimate of drug-likeness (QED) is 0.395. The monoisotopic (exact) mass is 294 g/mol. The van der Waals surface area contributed by atoms with E-state index in [1.165, 1.54) is 0 Å². The number of rotatable bonds is 9. The topological polar surface area (TPSA) is 63.6 Å². The van der Waals surface area contributed by atoms with Gasteiger partial charge in [0.05, 0.1) is 36.4 Å². The minimum atomic E-state index is -2.89. The number of hydrogen-bond donors (Lipinski definition) is 1. The highest BCUT2D eigenvalue weighted by atomic mass is 32.2. The molecule has 0 aliphatic heterocycles. The highest BCUT2D eigenvalue weighted by Crippen LogP contribution is 2.05. The van der Waals surface area contributed by atoms with Gasteiger partial charge in [0.2, 0.25) is 0 Å². The molecule has 0 radical (unpaired) electrons. The Morgan fingerprint density at radius 1 is 1.42 bits per heavy atom. The molecule has 0 bridgehead atoms. The van der Waals surface area contributed by atoms with Crippen LogP contribution in [0.4, 0.5) is 0 Å². The van der Waals surface area contributed by atoms with Crippen molar-refractivity contribution in [1.82, 2.24) is 0 Å². The van der Waals surface area contributed by atoms with Crippen LogP contribution in [0, 0.1) is 5.92 Å². The van der Waals surface area contributed by atoms with E-state index < -0.39 is 9.80 Å². The van der Waals surface area contributed by atoms with Gasteiger partial charge in [0.1, 0.15) is 13.2 Å². The summed E-state index contributed by atoms with van der Waals surface area (Å²) in [4.78, 5) is 11.5. The molecular weight excluding hydrogens is 266 g/mol. The second kappa shape index (κ2) is 7.87. The zero-order valence-corrected chi connectivity index (χ0v) is 13.4. The zero-order chi connectivity index (χ0) is 15.1. The van der Waals surface area contributed by atoms with Crippen molar-refractivity contribution in [1.29, 1.82) is 0 Å². The fourth-order valence-electron chi connectivity index (χ4n) is 1.53. The molecule has 0 heterocycles. The molecule has 0 aromatic rings. The van der Waals surface area contributed by atoms with Gasteiger partial charge in [-0.1, -0.05) is 13.8 Å². The van der Waals surface area contributed by atoms with E-state index in [1.807, 2.05) is 27.9 Å². The number of nitrogens with zero attached hydrogens (tertiary/aromatic N) is 1. The van der Waals surface area contributed by atoms with Crippen LogP contribution < -0.4 is 0 Å². The molecule has 6 heteroatoms. The van der Waals surface area contributed by atoms with Crippen molar-refractivity contribution in [2.75, 3.05) is 39.5 Å². The minimum Gasteiger partial charge on any atom is -0.459 e. The molecule has 0 aromatic heterocycles. The van der Waals surface area contributed by atoms with Crippen LogP contribution in [0.5, 0.6) is 0 Å². The van der Waals surface area contributed by atoms with Crippen LogP contribution in [0.1, 0.15) is 26.7 Å². The number of esters is 1. The molecule has 19 heavy (non-hydrogen) atoms. The average Bonchev–Trinajstić information content (AvgIpc) is 2.25. The summed E-state index contributed by atoms with van der Waals surface area (Å²) in [5, 5.41) is 0. The van der Waals surface area contributed by atoms with E-state index in [-0.39, 0.29) is 17.6 Å². The molecule has 0 rings (SSSR count). The van der Waals surface area contributed by atoms with Crippen molar-refractivity contribution in [3.05, 3.63) is 0 Å². The number of likely N-dealkylation sites (N-methyl/N-ethyl adjacent to an activating group) is 1. The smallest absolute Gasteiger partial charge is 0.308 e. The molecule has 0 saturated carbocycles. The van der Waals surface area contributed by atoms with Gasteiger partial charge in [-0.15, -0.1) is 0 Å². The van der Waals surface area contributed by atoms with Gasteiger partial charge in [0.15, 0.2) is 0 Å². The molecule has 0 spiro atoms. The highest BCUT2D eigenvalue weighted by Gasteiger charge is 2.18. The predicted molar refractivity (Wildman–Crippen MR) is 79.6 cm³/mol. The lowest BCUT2D eigenvalue weighted by Gasteiger charge is -2.29. The summed E-state index contributed by atoms with van der Waals surface area (Å²) < 4.78 is 26.0. The maximum absolute atomic E-state index is 11.5. The molecule has 5 nitrogen and oxygen atoms in total. The van der Waals surface area contributed by atoms with Crippen molar-refractivity contribution in [3.63, 3.8) is 0 Å². The summed E-state index contributed by atoms with van der Waals surface area (Å²) in [6.45, 7) is 5.65. The molecule has 0 aromatic carbocycles. The SMILES string of the molecule is C=S(=O)(O)CCC[N+](C)(C)CCOC(=O)C(C)CC. The molecule has 2 unspecified atom stereocenters. The lowest BCUT2D eigenvalue weighted by Crippen LogP contribution is -2.44. The Hall–Kier alpha value is -0.590. The fraction of sp³-hybridized carbons (Fsp3) is 0.846. The van der Waals surface area contributed by atoms with Gasteiger partial charge < -0.3 is 13.8 Å². The normalized spacial score (nSPS) is 16.7. The first-order chi connectivity index (χ1) is 8.57. The van der Waals surface area contributed by atoms with Gasteiger partial charge in [0, 0.05) is 12.2 Å². The summed E-state index contributed by atoms with van der Waals surface area (Å²) in [7, 11) is 1.14. The lowest BCUT2D eigenvalue weighted by molar-refractivity contribution is -0.890. The number of hydrogen-bond acceptors (Lipinski definition) is 3. The Labute approximate surface area is 117 Å². The van der Waals surface area contributed by atoms with Gasteiger partial charge in [-0.25, -0.2) is 4.21 Å². The molecule has 0 fully saturated rings. The third-order valence-corrected chi connectivity index (χ3v) is 4.11. The molecule has 0 saturated heterocycles. The van der Waals surface area contributed by atoms with Crippen LogP contribution in [-0.4, -0.2) is 64.6 Å². The lowest BCUT2D eigenvalue weighted by atomic mass is 10.1. The number of carbonyl (C=O) groups is 1. The first kappa shape index (κ1) is 18.4. The molecule has 1 N–H and O–H groups in total. The van der Waals surface area contributed by atoms with Crippen LogP contribution in [-0.2, 0) is 19.3 Å². The molecule has 0 aliphatic rings. The van der Waals surface area contributed by atoms with Crippen molar-refractivity contribution in [2.45, 2.75) is 26.7 Å². The van der Waals surface area contributed by atoms with Gasteiger partial charge in [0.25, 0.3) is 0 Å². The molecule has 0 aliphatic carbocycles. The Bertz CT molecular complexity index is 376. The van der Waals surface area contributed by atoms with Crippen molar-refractivity contribution < 1.29 is 22.8 Å². The zero-order valence-electron chi connectivity index (χ0n) is 12.6. The summed E-state index contributed by atoms with van der Waals surface area (Å²) in [5.41, 5.74) is 0. The van der Waals surface area contributed by atoms with E-state index in [0.29, 0.717) is 24.1 Å². The number of ether oxygens (including phenoxy) is 1. The third kappa shape index (κ3) is 9.92. The highest BCUT2D eigenvalue weighted by molar-refractivity contribution is 7.95. The summed E-state index contributed by atoms with van der Waals surface area (Å²) in [6.07, 6.45) is 1.41. The molecule has 0 amide bonds. The second-order valence-electron chi connectivity index (χ2n) is 5.69. The van der Waals surface area contributed by atoms with Gasteiger partial charge in [-0.2, -0.15) is 0 Å². The Balaban J connectivity index is 3.94. The van der Waals surface area contributed by atoms with E-state index in [9.17, 15) is 9.00 Å². The minimum absolute atomic E-state index is 0.0548. The number of carbonyl (C=O) groups excluding carboxylic acids is 1. The Morgan fingerprint density at radius 2 is 2.00 bits per heavy atom. The summed E-state index contributed by atoms with van der Waals surface area (Å²) in [6, 6.07) is 0. The Kier molecular flexibility index (Phi) is 7.62. The van der Waals surface area contributed by atoms with Gasteiger partial charge in [-0.05, 0) is 12.3 Å². The van der Waals surface area contributed by atoms with Crippen LogP contribution >= 0.6 is 0 Å². The van der Waals surface area contributed by atoms with Gasteiger partial charge in [-0.3, -0.25) is 4.79 Å². The maximum Gasteiger partial charge on any atom is 0.308 e. The van der Waals surface area contributed by atoms with E-state index in [1.54, 1.807) is 0 Å². The number of quaternary nitrogens is 1. The standard InChI is InChI=1S/C13H27NO4S/c1-6-12(2)13(15)18-10-9-14(3,4)8-7-11-19(5,16)17/h12H,5-11H2,1-4H3/p+1. The first-order valence-corrected chi connectivity index (χ1v) is 8.48. The van der Waals surface area contributed by atoms with Crippen molar-refractivity contribution >= 4 is 21.6 Å².